The lowest BCUT2D eigenvalue weighted by Gasteiger charge is -2.19. The van der Waals surface area contributed by atoms with Crippen molar-refractivity contribution in [2.45, 2.75) is 26.1 Å². The largest absolute Gasteiger partial charge is 0.488 e. The summed E-state index contributed by atoms with van der Waals surface area (Å²) in [7, 11) is -0.294. The Morgan fingerprint density at radius 1 is 1.23 bits per heavy atom. The third-order valence-corrected chi connectivity index (χ3v) is 6.30. The highest BCUT2D eigenvalue weighted by Gasteiger charge is 2.35. The molecular weight excluding hydrogens is 356 g/mol. The average Bonchev–Trinajstić information content (AvgIpc) is 2.87. The number of benzene rings is 1. The van der Waals surface area contributed by atoms with Crippen molar-refractivity contribution >= 4 is 10.0 Å². The first kappa shape index (κ1) is 21.0. The molecule has 1 aliphatic heterocycles. The Labute approximate surface area is 156 Å². The third kappa shape index (κ3) is 5.84. The quantitative estimate of drug-likeness (QED) is 0.683. The number of sulfonamides is 1. The van der Waals surface area contributed by atoms with E-state index in [0.717, 1.165) is 0 Å². The molecule has 0 radical (unpaired) electrons. The van der Waals surface area contributed by atoms with Gasteiger partial charge in [0.15, 0.2) is 11.5 Å². The molecule has 2 unspecified atom stereocenters. The monoisotopic (exact) mass is 386 g/mol. The highest BCUT2D eigenvalue weighted by molar-refractivity contribution is 7.89. The Kier molecular flexibility index (Phi) is 7.28. The number of rotatable bonds is 9. The van der Waals surface area contributed by atoms with Crippen LogP contribution in [0.25, 0.3) is 0 Å². The van der Waals surface area contributed by atoms with Gasteiger partial charge < -0.3 is 14.6 Å². The summed E-state index contributed by atoms with van der Waals surface area (Å²) in [4.78, 5) is 2.03. The second-order valence-corrected chi connectivity index (χ2v) is 9.34. The number of hydrogen-bond acceptors (Lipinski definition) is 6. The molecule has 1 N–H and O–H groups in total. The molecular formula is C18H30N2O5S. The molecule has 1 aromatic rings. The van der Waals surface area contributed by atoms with Crippen molar-refractivity contribution in [3.05, 3.63) is 24.3 Å². The van der Waals surface area contributed by atoms with Crippen LogP contribution >= 0.6 is 0 Å². The lowest BCUT2D eigenvalue weighted by molar-refractivity contribution is 0.145. The first-order valence-corrected chi connectivity index (χ1v) is 10.5. The Balaban J connectivity index is 1.84. The van der Waals surface area contributed by atoms with Crippen LogP contribution in [0.3, 0.4) is 0 Å². The molecule has 1 aliphatic rings. The molecule has 8 heteroatoms. The van der Waals surface area contributed by atoms with E-state index < -0.39 is 16.1 Å². The van der Waals surface area contributed by atoms with Gasteiger partial charge >= 0.3 is 0 Å². The topological polar surface area (TPSA) is 79.3 Å². The fraction of sp³-hybridized carbons (Fsp3) is 0.667. The van der Waals surface area contributed by atoms with Crippen molar-refractivity contribution in [1.29, 1.82) is 0 Å². The molecule has 2 rings (SSSR count). The highest BCUT2D eigenvalue weighted by atomic mass is 32.2. The summed E-state index contributed by atoms with van der Waals surface area (Å²) in [6.45, 7) is 5.99. The van der Waals surface area contributed by atoms with Crippen LogP contribution in [0, 0.1) is 5.92 Å². The van der Waals surface area contributed by atoms with Gasteiger partial charge in [0, 0.05) is 39.6 Å². The molecule has 0 bridgehead atoms. The molecule has 1 heterocycles. The lowest BCUT2D eigenvalue weighted by atomic mass is 10.1. The number of β-amino-alcohol motifs (C(OH)–C–C–N with tert-alkyl or cyclic N) is 1. The van der Waals surface area contributed by atoms with Crippen molar-refractivity contribution in [1.82, 2.24) is 9.21 Å². The summed E-state index contributed by atoms with van der Waals surface area (Å²) < 4.78 is 36.8. The van der Waals surface area contributed by atoms with E-state index >= 15 is 0 Å². The molecule has 1 saturated heterocycles. The van der Waals surface area contributed by atoms with Gasteiger partial charge in [-0.05, 0) is 26.0 Å². The van der Waals surface area contributed by atoms with Gasteiger partial charge in [0.25, 0.3) is 0 Å². The van der Waals surface area contributed by atoms with Gasteiger partial charge in [-0.1, -0.05) is 12.1 Å². The zero-order valence-electron chi connectivity index (χ0n) is 16.0. The molecule has 0 aliphatic carbocycles. The van der Waals surface area contributed by atoms with Crippen LogP contribution in [0.15, 0.2) is 24.3 Å². The van der Waals surface area contributed by atoms with Gasteiger partial charge in [-0.25, -0.2) is 12.7 Å². The Bertz CT molecular complexity index is 678. The van der Waals surface area contributed by atoms with Crippen LogP contribution in [0.2, 0.25) is 0 Å². The number of ether oxygens (including phenoxy) is 2. The molecule has 0 amide bonds. The number of nitrogens with zero attached hydrogens (tertiary/aromatic N) is 2. The fourth-order valence-corrected chi connectivity index (χ4v) is 4.08. The lowest BCUT2D eigenvalue weighted by Crippen LogP contribution is -2.33. The number of aliphatic hydroxyl groups is 1. The molecule has 148 valence electrons. The predicted octanol–water partition coefficient (Wildman–Crippen LogP) is 1.04. The molecule has 1 fully saturated rings. The predicted molar refractivity (Wildman–Crippen MR) is 101 cm³/mol. The van der Waals surface area contributed by atoms with Crippen molar-refractivity contribution in [3.8, 4) is 11.5 Å². The number of aliphatic hydroxyl groups excluding tert-OH is 1. The van der Waals surface area contributed by atoms with Crippen LogP contribution in [0.1, 0.15) is 13.8 Å². The van der Waals surface area contributed by atoms with Gasteiger partial charge in [-0.3, -0.25) is 4.90 Å². The first-order chi connectivity index (χ1) is 12.2. The van der Waals surface area contributed by atoms with Gasteiger partial charge in [-0.2, -0.15) is 0 Å². The summed E-state index contributed by atoms with van der Waals surface area (Å²) >= 11 is 0. The summed E-state index contributed by atoms with van der Waals surface area (Å²) in [6.07, 6.45) is -0.575. The van der Waals surface area contributed by atoms with Crippen LogP contribution < -0.4 is 9.47 Å². The number of hydrogen-bond donors (Lipinski definition) is 1. The van der Waals surface area contributed by atoms with Crippen molar-refractivity contribution in [2.75, 3.05) is 46.1 Å². The Hall–Kier alpha value is -1.35. The van der Waals surface area contributed by atoms with Crippen molar-refractivity contribution in [2.24, 2.45) is 5.92 Å². The first-order valence-electron chi connectivity index (χ1n) is 8.88. The minimum Gasteiger partial charge on any atom is -0.488 e. The summed E-state index contributed by atoms with van der Waals surface area (Å²) in [6, 6.07) is 7.53. The van der Waals surface area contributed by atoms with E-state index in [4.69, 9.17) is 9.47 Å². The average molecular weight is 387 g/mol. The number of para-hydroxylation sites is 2. The SMILES string of the molecule is CC(C)Oc1ccccc1OCCN1CC(O)C(CS(=O)(=O)N(C)C)C1. The minimum atomic E-state index is -3.32. The second-order valence-electron chi connectivity index (χ2n) is 7.11. The summed E-state index contributed by atoms with van der Waals surface area (Å²) in [5.41, 5.74) is 0. The maximum Gasteiger partial charge on any atom is 0.214 e. The molecule has 7 nitrogen and oxygen atoms in total. The van der Waals surface area contributed by atoms with E-state index in [0.29, 0.717) is 37.7 Å². The maximum absolute atomic E-state index is 12.0. The zero-order chi connectivity index (χ0) is 19.3. The van der Waals surface area contributed by atoms with E-state index in [1.165, 1.54) is 18.4 Å². The number of likely N-dealkylation sites (tertiary alicyclic amines) is 1. The van der Waals surface area contributed by atoms with Crippen LogP contribution in [-0.2, 0) is 10.0 Å². The minimum absolute atomic E-state index is 0.0381. The third-order valence-electron chi connectivity index (χ3n) is 4.34. The van der Waals surface area contributed by atoms with Crippen LogP contribution in [0.5, 0.6) is 11.5 Å². The van der Waals surface area contributed by atoms with E-state index in [2.05, 4.69) is 0 Å². The molecule has 0 saturated carbocycles. The summed E-state index contributed by atoms with van der Waals surface area (Å²) in [5.74, 6) is 1.08. The fourth-order valence-electron chi connectivity index (χ4n) is 2.91. The Morgan fingerprint density at radius 3 is 2.50 bits per heavy atom. The standard InChI is InChI=1S/C18H30N2O5S/c1-14(2)25-18-8-6-5-7-17(18)24-10-9-20-11-15(16(21)12-20)13-26(22,23)19(3)4/h5-8,14-16,21H,9-13H2,1-4H3. The smallest absolute Gasteiger partial charge is 0.214 e. The van der Waals surface area contributed by atoms with E-state index in [1.54, 1.807) is 0 Å². The summed E-state index contributed by atoms with van der Waals surface area (Å²) in [5, 5.41) is 10.2. The maximum atomic E-state index is 12.0. The molecule has 2 atom stereocenters. The molecule has 0 aromatic heterocycles. The van der Waals surface area contributed by atoms with Crippen molar-refractivity contribution < 1.29 is 23.0 Å². The highest BCUT2D eigenvalue weighted by Crippen LogP contribution is 2.27. The van der Waals surface area contributed by atoms with Gasteiger partial charge in [0.1, 0.15) is 6.61 Å². The van der Waals surface area contributed by atoms with Crippen LogP contribution in [-0.4, -0.2) is 81.0 Å². The molecule has 26 heavy (non-hydrogen) atoms. The second kappa shape index (κ2) is 9.03. The molecule has 1 aromatic carbocycles. The van der Waals surface area contributed by atoms with Crippen molar-refractivity contribution in [3.63, 3.8) is 0 Å². The van der Waals surface area contributed by atoms with Crippen LogP contribution in [0.4, 0.5) is 0 Å². The van der Waals surface area contributed by atoms with E-state index in [9.17, 15) is 13.5 Å². The van der Waals surface area contributed by atoms with Gasteiger partial charge in [0.2, 0.25) is 10.0 Å². The van der Waals surface area contributed by atoms with E-state index in [-0.39, 0.29) is 17.8 Å². The zero-order valence-corrected chi connectivity index (χ0v) is 16.8. The van der Waals surface area contributed by atoms with E-state index in [1.807, 2.05) is 43.0 Å². The normalized spacial score (nSPS) is 21.5. The van der Waals surface area contributed by atoms with Gasteiger partial charge in [0.05, 0.1) is 18.0 Å². The Morgan fingerprint density at radius 2 is 1.88 bits per heavy atom. The molecule has 0 spiro atoms. The van der Waals surface area contributed by atoms with Gasteiger partial charge in [-0.15, -0.1) is 0 Å².